The molecule has 5 heteroatoms. The summed E-state index contributed by atoms with van der Waals surface area (Å²) in [5, 5.41) is 12.4. The van der Waals surface area contributed by atoms with E-state index in [0.29, 0.717) is 17.3 Å². The number of Topliss-reactive ketones (excluding diaryl/α,β-unsaturated/α-hetero) is 1. The van der Waals surface area contributed by atoms with Gasteiger partial charge < -0.3 is 0 Å². The summed E-state index contributed by atoms with van der Waals surface area (Å²) in [5.41, 5.74) is 3.88. The molecule has 122 valence electrons. The molecule has 0 radical (unpaired) electrons. The van der Waals surface area contributed by atoms with Crippen LogP contribution in [0.15, 0.2) is 48.5 Å². The van der Waals surface area contributed by atoms with Crippen LogP contribution >= 0.6 is 0 Å². The summed E-state index contributed by atoms with van der Waals surface area (Å²) >= 11 is 0. The summed E-state index contributed by atoms with van der Waals surface area (Å²) in [6.07, 6.45) is 0. The maximum Gasteiger partial charge on any atom is 0.205 e. The van der Waals surface area contributed by atoms with Crippen LogP contribution in [0.1, 0.15) is 41.3 Å². The van der Waals surface area contributed by atoms with Crippen LogP contribution in [0, 0.1) is 6.92 Å². The predicted octanol–water partition coefficient (Wildman–Crippen LogP) is 3.65. The second kappa shape index (κ2) is 6.74. The second-order valence-electron chi connectivity index (χ2n) is 6.16. The fraction of sp³-hybridized carbons (Fsp3) is 0.263. The number of ketones is 1. The normalized spacial score (nSPS) is 11.0. The average molecular weight is 320 g/mol. The lowest BCUT2D eigenvalue weighted by Crippen LogP contribution is -2.13. The maximum absolute atomic E-state index is 12.4. The number of nitrogens with zero attached hydrogens (tertiary/aromatic N) is 4. The third kappa shape index (κ3) is 3.40. The van der Waals surface area contributed by atoms with E-state index in [0.717, 1.165) is 11.1 Å². The van der Waals surface area contributed by atoms with Gasteiger partial charge in [0.2, 0.25) is 5.82 Å². The first-order valence-corrected chi connectivity index (χ1v) is 8.01. The minimum Gasteiger partial charge on any atom is -0.292 e. The summed E-state index contributed by atoms with van der Waals surface area (Å²) in [4.78, 5) is 13.7. The SMILES string of the molecule is Cc1ccccc1-c1nnn(CC(=O)c2ccc(C(C)C)cc2)n1. The topological polar surface area (TPSA) is 60.7 Å². The molecule has 0 amide bonds. The van der Waals surface area contributed by atoms with E-state index in [4.69, 9.17) is 0 Å². The van der Waals surface area contributed by atoms with E-state index in [2.05, 4.69) is 29.3 Å². The molecule has 0 aliphatic rings. The van der Waals surface area contributed by atoms with Gasteiger partial charge in [-0.1, -0.05) is 62.4 Å². The average Bonchev–Trinajstić information content (AvgIpc) is 3.03. The van der Waals surface area contributed by atoms with Crippen molar-refractivity contribution in [2.24, 2.45) is 0 Å². The zero-order valence-corrected chi connectivity index (χ0v) is 14.1. The van der Waals surface area contributed by atoms with Gasteiger partial charge in [-0.25, -0.2) is 0 Å². The number of aromatic nitrogens is 4. The first kappa shape index (κ1) is 16.1. The molecule has 0 aliphatic heterocycles. The number of hydrogen-bond donors (Lipinski definition) is 0. The Morgan fingerprint density at radius 3 is 2.46 bits per heavy atom. The van der Waals surface area contributed by atoms with Crippen molar-refractivity contribution in [3.8, 4) is 11.4 Å². The first-order chi connectivity index (χ1) is 11.5. The van der Waals surface area contributed by atoms with E-state index in [-0.39, 0.29) is 12.3 Å². The van der Waals surface area contributed by atoms with Gasteiger partial charge in [0.05, 0.1) is 0 Å². The van der Waals surface area contributed by atoms with E-state index in [1.807, 2.05) is 55.5 Å². The Balaban J connectivity index is 1.75. The van der Waals surface area contributed by atoms with E-state index in [9.17, 15) is 4.79 Å². The van der Waals surface area contributed by atoms with Crippen LogP contribution in [0.3, 0.4) is 0 Å². The number of aryl methyl sites for hydroxylation is 1. The van der Waals surface area contributed by atoms with Gasteiger partial charge in [-0.15, -0.1) is 10.2 Å². The van der Waals surface area contributed by atoms with Crippen LogP contribution in [0.25, 0.3) is 11.4 Å². The standard InChI is InChI=1S/C19H20N4O/c1-13(2)15-8-10-16(11-9-15)18(24)12-23-21-19(20-22-23)17-7-5-4-6-14(17)3/h4-11,13H,12H2,1-3H3. The summed E-state index contributed by atoms with van der Waals surface area (Å²) in [6.45, 7) is 6.34. The molecule has 0 aliphatic carbocycles. The number of tetrazole rings is 1. The lowest BCUT2D eigenvalue weighted by molar-refractivity contribution is 0.0961. The Morgan fingerprint density at radius 2 is 1.79 bits per heavy atom. The minimum atomic E-state index is -0.0287. The van der Waals surface area contributed by atoms with Gasteiger partial charge >= 0.3 is 0 Å². The van der Waals surface area contributed by atoms with E-state index >= 15 is 0 Å². The third-order valence-corrected chi connectivity index (χ3v) is 4.02. The number of carbonyl (C=O) groups excluding carboxylic acids is 1. The highest BCUT2D eigenvalue weighted by molar-refractivity contribution is 5.95. The zero-order chi connectivity index (χ0) is 17.1. The van der Waals surface area contributed by atoms with Gasteiger partial charge in [0.15, 0.2) is 5.78 Å². The van der Waals surface area contributed by atoms with Gasteiger partial charge in [0.25, 0.3) is 0 Å². The monoisotopic (exact) mass is 320 g/mol. The van der Waals surface area contributed by atoms with Gasteiger partial charge in [-0.3, -0.25) is 4.79 Å². The zero-order valence-electron chi connectivity index (χ0n) is 14.1. The Hall–Kier alpha value is -2.82. The quantitative estimate of drug-likeness (QED) is 0.673. The summed E-state index contributed by atoms with van der Waals surface area (Å²) in [6, 6.07) is 15.5. The molecule has 0 saturated carbocycles. The maximum atomic E-state index is 12.4. The van der Waals surface area contributed by atoms with Crippen LogP contribution in [-0.2, 0) is 6.54 Å². The van der Waals surface area contributed by atoms with Crippen molar-refractivity contribution >= 4 is 5.78 Å². The molecule has 0 N–H and O–H groups in total. The van der Waals surface area contributed by atoms with Crippen molar-refractivity contribution < 1.29 is 4.79 Å². The van der Waals surface area contributed by atoms with Gasteiger partial charge in [-0.2, -0.15) is 4.80 Å². The van der Waals surface area contributed by atoms with Gasteiger partial charge in [0.1, 0.15) is 6.54 Å². The highest BCUT2D eigenvalue weighted by Gasteiger charge is 2.12. The minimum absolute atomic E-state index is 0.0287. The number of hydrogen-bond acceptors (Lipinski definition) is 4. The second-order valence-corrected chi connectivity index (χ2v) is 6.16. The molecule has 3 rings (SSSR count). The van der Waals surface area contributed by atoms with Crippen molar-refractivity contribution in [1.29, 1.82) is 0 Å². The molecule has 3 aromatic rings. The van der Waals surface area contributed by atoms with Crippen LogP contribution < -0.4 is 0 Å². The summed E-state index contributed by atoms with van der Waals surface area (Å²) in [5.74, 6) is 0.956. The lowest BCUT2D eigenvalue weighted by Gasteiger charge is -2.06. The Bertz CT molecular complexity index is 850. The molecule has 5 nitrogen and oxygen atoms in total. The fourth-order valence-corrected chi connectivity index (χ4v) is 2.52. The Kier molecular flexibility index (Phi) is 4.51. The predicted molar refractivity (Wildman–Crippen MR) is 92.9 cm³/mol. The van der Waals surface area contributed by atoms with E-state index in [1.165, 1.54) is 10.4 Å². The fourth-order valence-electron chi connectivity index (χ4n) is 2.52. The molecule has 24 heavy (non-hydrogen) atoms. The molecule has 1 heterocycles. The molecular formula is C19H20N4O. The molecule has 0 fully saturated rings. The Labute approximate surface area is 141 Å². The van der Waals surface area contributed by atoms with Gasteiger partial charge in [-0.05, 0) is 29.2 Å². The largest absolute Gasteiger partial charge is 0.292 e. The molecule has 0 saturated heterocycles. The lowest BCUT2D eigenvalue weighted by atomic mass is 10.0. The van der Waals surface area contributed by atoms with E-state index < -0.39 is 0 Å². The molecule has 0 unspecified atom stereocenters. The van der Waals surface area contributed by atoms with Crippen molar-refractivity contribution in [2.75, 3.05) is 0 Å². The summed E-state index contributed by atoms with van der Waals surface area (Å²) in [7, 11) is 0. The molecule has 1 aromatic heterocycles. The highest BCUT2D eigenvalue weighted by atomic mass is 16.1. The molecule has 0 bridgehead atoms. The molecule has 0 spiro atoms. The number of benzene rings is 2. The van der Waals surface area contributed by atoms with Crippen LogP contribution in [0.4, 0.5) is 0 Å². The Morgan fingerprint density at radius 1 is 1.08 bits per heavy atom. The van der Waals surface area contributed by atoms with Crippen molar-refractivity contribution in [1.82, 2.24) is 20.2 Å². The number of rotatable bonds is 5. The van der Waals surface area contributed by atoms with Crippen molar-refractivity contribution in [3.05, 3.63) is 65.2 Å². The highest BCUT2D eigenvalue weighted by Crippen LogP contribution is 2.18. The smallest absolute Gasteiger partial charge is 0.205 e. The van der Waals surface area contributed by atoms with E-state index in [1.54, 1.807) is 0 Å². The van der Waals surface area contributed by atoms with Crippen LogP contribution in [-0.4, -0.2) is 26.0 Å². The molecule has 0 atom stereocenters. The number of carbonyl (C=O) groups is 1. The first-order valence-electron chi connectivity index (χ1n) is 8.01. The van der Waals surface area contributed by atoms with Crippen molar-refractivity contribution in [2.45, 2.75) is 33.2 Å². The molecular weight excluding hydrogens is 300 g/mol. The van der Waals surface area contributed by atoms with Gasteiger partial charge in [0, 0.05) is 11.1 Å². The summed E-state index contributed by atoms with van der Waals surface area (Å²) < 4.78 is 0. The van der Waals surface area contributed by atoms with Crippen LogP contribution in [0.5, 0.6) is 0 Å². The molecule has 2 aromatic carbocycles. The third-order valence-electron chi connectivity index (χ3n) is 4.02. The van der Waals surface area contributed by atoms with Crippen molar-refractivity contribution in [3.63, 3.8) is 0 Å². The van der Waals surface area contributed by atoms with Crippen LogP contribution in [0.2, 0.25) is 0 Å².